The molecular formula is C21H22N2O5. The molecule has 0 bridgehead atoms. The summed E-state index contributed by atoms with van der Waals surface area (Å²) < 4.78 is 16.5. The second-order valence-corrected chi connectivity index (χ2v) is 6.68. The van der Waals surface area contributed by atoms with Gasteiger partial charge in [-0.25, -0.2) is 0 Å². The Morgan fingerprint density at radius 3 is 2.64 bits per heavy atom. The minimum Gasteiger partial charge on any atom is -0.494 e. The summed E-state index contributed by atoms with van der Waals surface area (Å²) in [5.41, 5.74) is 1.39. The number of nitrogens with zero attached hydrogens (tertiary/aromatic N) is 1. The smallest absolute Gasteiger partial charge is 0.229 e. The van der Waals surface area contributed by atoms with Gasteiger partial charge in [-0.1, -0.05) is 0 Å². The van der Waals surface area contributed by atoms with Crippen LogP contribution < -0.4 is 24.4 Å². The van der Waals surface area contributed by atoms with E-state index in [0.29, 0.717) is 49.2 Å². The lowest BCUT2D eigenvalue weighted by molar-refractivity contribution is -0.122. The number of hydrogen-bond donors (Lipinski definition) is 1. The predicted molar refractivity (Wildman–Crippen MR) is 104 cm³/mol. The van der Waals surface area contributed by atoms with Gasteiger partial charge >= 0.3 is 0 Å². The molecular weight excluding hydrogens is 360 g/mol. The Balaban J connectivity index is 1.42. The second-order valence-electron chi connectivity index (χ2n) is 6.68. The van der Waals surface area contributed by atoms with Crippen molar-refractivity contribution in [1.82, 2.24) is 0 Å². The maximum atomic E-state index is 12.6. The van der Waals surface area contributed by atoms with Gasteiger partial charge in [-0.15, -0.1) is 0 Å². The van der Waals surface area contributed by atoms with Crippen LogP contribution in [0, 0.1) is 5.92 Å². The molecule has 1 atom stereocenters. The van der Waals surface area contributed by atoms with Crippen LogP contribution in [0.2, 0.25) is 0 Å². The number of carbonyl (C=O) groups excluding carboxylic acids is 2. The fourth-order valence-corrected chi connectivity index (χ4v) is 3.38. The summed E-state index contributed by atoms with van der Waals surface area (Å²) >= 11 is 0. The minimum absolute atomic E-state index is 0.0801. The van der Waals surface area contributed by atoms with Crippen molar-refractivity contribution in [2.45, 2.75) is 13.3 Å². The lowest BCUT2D eigenvalue weighted by Crippen LogP contribution is -2.28. The second kappa shape index (κ2) is 7.80. The molecule has 2 heterocycles. The monoisotopic (exact) mass is 382 g/mol. The quantitative estimate of drug-likeness (QED) is 0.861. The van der Waals surface area contributed by atoms with Gasteiger partial charge < -0.3 is 24.4 Å². The summed E-state index contributed by atoms with van der Waals surface area (Å²) in [7, 11) is 0. The SMILES string of the molecule is CCOc1ccc(NC(=O)C2CC(=O)N(c3ccc4c(c3)OCCO4)C2)cc1. The molecule has 1 saturated heterocycles. The molecule has 4 rings (SSSR count). The molecule has 2 aliphatic heterocycles. The highest BCUT2D eigenvalue weighted by atomic mass is 16.6. The molecule has 2 aromatic rings. The predicted octanol–water partition coefficient (Wildman–Crippen LogP) is 2.85. The van der Waals surface area contributed by atoms with E-state index in [-0.39, 0.29) is 18.2 Å². The molecule has 7 nitrogen and oxygen atoms in total. The molecule has 28 heavy (non-hydrogen) atoms. The van der Waals surface area contributed by atoms with Crippen LogP contribution in [-0.2, 0) is 9.59 Å². The zero-order valence-electron chi connectivity index (χ0n) is 15.6. The van der Waals surface area contributed by atoms with Crippen molar-refractivity contribution in [2.75, 3.05) is 36.6 Å². The Kier molecular flexibility index (Phi) is 5.06. The molecule has 0 saturated carbocycles. The highest BCUT2D eigenvalue weighted by molar-refractivity contribution is 6.03. The van der Waals surface area contributed by atoms with Gasteiger partial charge in [0.1, 0.15) is 19.0 Å². The first-order chi connectivity index (χ1) is 13.6. The fourth-order valence-electron chi connectivity index (χ4n) is 3.38. The van der Waals surface area contributed by atoms with Gasteiger partial charge in [-0.3, -0.25) is 9.59 Å². The number of rotatable bonds is 5. The third kappa shape index (κ3) is 3.74. The highest BCUT2D eigenvalue weighted by Crippen LogP contribution is 2.36. The van der Waals surface area contributed by atoms with Crippen molar-refractivity contribution in [3.63, 3.8) is 0 Å². The molecule has 2 aliphatic rings. The van der Waals surface area contributed by atoms with Crippen LogP contribution in [0.4, 0.5) is 11.4 Å². The van der Waals surface area contributed by atoms with E-state index in [9.17, 15) is 9.59 Å². The first-order valence-electron chi connectivity index (χ1n) is 9.38. The largest absolute Gasteiger partial charge is 0.494 e. The van der Waals surface area contributed by atoms with E-state index in [1.807, 2.05) is 13.0 Å². The fraction of sp³-hybridized carbons (Fsp3) is 0.333. The van der Waals surface area contributed by atoms with Crippen LogP contribution in [0.25, 0.3) is 0 Å². The van der Waals surface area contributed by atoms with Crippen LogP contribution in [0.1, 0.15) is 13.3 Å². The number of ether oxygens (including phenoxy) is 3. The highest BCUT2D eigenvalue weighted by Gasteiger charge is 2.35. The molecule has 0 spiro atoms. The molecule has 0 aromatic heterocycles. The zero-order chi connectivity index (χ0) is 19.5. The number of amides is 2. The average molecular weight is 382 g/mol. The average Bonchev–Trinajstić information content (AvgIpc) is 3.11. The van der Waals surface area contributed by atoms with Crippen molar-refractivity contribution in [3.8, 4) is 17.2 Å². The summed E-state index contributed by atoms with van der Waals surface area (Å²) in [5.74, 6) is 1.39. The number of fused-ring (bicyclic) bond motifs is 1. The standard InChI is InChI=1S/C21H22N2O5/c1-2-26-17-6-3-15(4-7-17)22-21(25)14-11-20(24)23(13-14)16-5-8-18-19(12-16)28-10-9-27-18/h3-8,12,14H,2,9-11,13H2,1H3,(H,22,25). The van der Waals surface area contributed by atoms with E-state index in [4.69, 9.17) is 14.2 Å². The Hall–Kier alpha value is -3.22. The lowest BCUT2D eigenvalue weighted by atomic mass is 10.1. The summed E-state index contributed by atoms with van der Waals surface area (Å²) in [6, 6.07) is 12.6. The zero-order valence-corrected chi connectivity index (χ0v) is 15.6. The van der Waals surface area contributed by atoms with Gasteiger partial charge in [0, 0.05) is 30.4 Å². The van der Waals surface area contributed by atoms with Crippen molar-refractivity contribution >= 4 is 23.2 Å². The van der Waals surface area contributed by atoms with Crippen molar-refractivity contribution < 1.29 is 23.8 Å². The molecule has 1 fully saturated rings. The van der Waals surface area contributed by atoms with E-state index in [2.05, 4.69) is 5.32 Å². The van der Waals surface area contributed by atoms with E-state index in [1.165, 1.54) is 0 Å². The Labute approximate surface area is 163 Å². The molecule has 0 radical (unpaired) electrons. The number of nitrogens with one attached hydrogen (secondary N) is 1. The van der Waals surface area contributed by atoms with Crippen LogP contribution in [-0.4, -0.2) is 38.2 Å². The summed E-state index contributed by atoms with van der Waals surface area (Å²) in [6.07, 6.45) is 0.178. The first-order valence-corrected chi connectivity index (χ1v) is 9.38. The minimum atomic E-state index is -0.410. The van der Waals surface area contributed by atoms with Gasteiger partial charge in [-0.2, -0.15) is 0 Å². The van der Waals surface area contributed by atoms with E-state index in [1.54, 1.807) is 41.3 Å². The first kappa shape index (κ1) is 18.2. The van der Waals surface area contributed by atoms with Crippen molar-refractivity contribution in [2.24, 2.45) is 5.92 Å². The summed E-state index contributed by atoms with van der Waals surface area (Å²) in [6.45, 7) is 3.84. The van der Waals surface area contributed by atoms with Crippen molar-refractivity contribution in [3.05, 3.63) is 42.5 Å². The van der Waals surface area contributed by atoms with E-state index >= 15 is 0 Å². The van der Waals surface area contributed by atoms with Crippen molar-refractivity contribution in [1.29, 1.82) is 0 Å². The third-order valence-electron chi connectivity index (χ3n) is 4.77. The summed E-state index contributed by atoms with van der Waals surface area (Å²) in [5, 5.41) is 2.88. The van der Waals surface area contributed by atoms with Gasteiger partial charge in [0.2, 0.25) is 11.8 Å². The van der Waals surface area contributed by atoms with E-state index < -0.39 is 5.92 Å². The van der Waals surface area contributed by atoms with Gasteiger partial charge in [0.25, 0.3) is 0 Å². The van der Waals surface area contributed by atoms with E-state index in [0.717, 1.165) is 5.75 Å². The summed E-state index contributed by atoms with van der Waals surface area (Å²) in [4.78, 5) is 26.7. The van der Waals surface area contributed by atoms with Crippen LogP contribution in [0.3, 0.4) is 0 Å². The third-order valence-corrected chi connectivity index (χ3v) is 4.77. The molecule has 0 aliphatic carbocycles. The lowest BCUT2D eigenvalue weighted by Gasteiger charge is -2.22. The maximum Gasteiger partial charge on any atom is 0.229 e. The molecule has 1 N–H and O–H groups in total. The molecule has 1 unspecified atom stereocenters. The number of hydrogen-bond acceptors (Lipinski definition) is 5. The normalized spacial score (nSPS) is 18.1. The van der Waals surface area contributed by atoms with Crippen LogP contribution in [0.15, 0.2) is 42.5 Å². The number of carbonyl (C=O) groups is 2. The number of benzene rings is 2. The van der Waals surface area contributed by atoms with Gasteiger partial charge in [-0.05, 0) is 43.3 Å². The van der Waals surface area contributed by atoms with Crippen LogP contribution in [0.5, 0.6) is 17.2 Å². The van der Waals surface area contributed by atoms with Crippen LogP contribution >= 0.6 is 0 Å². The Morgan fingerprint density at radius 2 is 1.89 bits per heavy atom. The number of anilines is 2. The topological polar surface area (TPSA) is 77.1 Å². The molecule has 146 valence electrons. The Morgan fingerprint density at radius 1 is 1.14 bits per heavy atom. The van der Waals surface area contributed by atoms with Gasteiger partial charge in [0.15, 0.2) is 11.5 Å². The molecule has 7 heteroatoms. The molecule has 2 aromatic carbocycles. The van der Waals surface area contributed by atoms with Gasteiger partial charge in [0.05, 0.1) is 12.5 Å². The Bertz CT molecular complexity index is 881. The maximum absolute atomic E-state index is 12.6. The molecule has 2 amide bonds.